The lowest BCUT2D eigenvalue weighted by molar-refractivity contribution is -0.121. The van der Waals surface area contributed by atoms with Gasteiger partial charge in [0.2, 0.25) is 5.91 Å². The predicted molar refractivity (Wildman–Crippen MR) is 105 cm³/mol. The summed E-state index contributed by atoms with van der Waals surface area (Å²) in [5.41, 5.74) is 0.101. The van der Waals surface area contributed by atoms with Gasteiger partial charge in [0, 0.05) is 23.2 Å². The van der Waals surface area contributed by atoms with Gasteiger partial charge in [0.1, 0.15) is 11.6 Å². The topological polar surface area (TPSA) is 70.2 Å². The molecule has 0 aromatic heterocycles. The molecule has 158 valence electrons. The van der Waals surface area contributed by atoms with Gasteiger partial charge in [-0.25, -0.2) is 13.6 Å². The molecule has 0 aliphatic heterocycles. The van der Waals surface area contributed by atoms with Gasteiger partial charge in [-0.3, -0.25) is 15.4 Å². The van der Waals surface area contributed by atoms with Gasteiger partial charge >= 0.3 is 6.03 Å². The highest BCUT2D eigenvalue weighted by Crippen LogP contribution is 2.55. The molecule has 5 rings (SSSR count). The van der Waals surface area contributed by atoms with Crippen LogP contribution in [-0.4, -0.2) is 23.5 Å². The zero-order valence-electron chi connectivity index (χ0n) is 16.9. The number of benzene rings is 1. The van der Waals surface area contributed by atoms with Crippen LogP contribution < -0.4 is 16.0 Å². The Morgan fingerprint density at radius 3 is 2.17 bits per heavy atom. The van der Waals surface area contributed by atoms with Crippen LogP contribution in [0.25, 0.3) is 0 Å². The minimum Gasteiger partial charge on any atom is -0.332 e. The second-order valence-corrected chi connectivity index (χ2v) is 9.42. The van der Waals surface area contributed by atoms with E-state index in [1.165, 1.54) is 31.4 Å². The molecule has 7 heteroatoms. The molecular weight excluding hydrogens is 376 g/mol. The molecule has 1 aromatic carbocycles. The summed E-state index contributed by atoms with van der Waals surface area (Å²) in [6, 6.07) is 1.68. The fourth-order valence-corrected chi connectivity index (χ4v) is 6.15. The highest BCUT2D eigenvalue weighted by atomic mass is 19.1. The number of carbonyl (C=O) groups excluding carboxylic acids is 2. The molecule has 4 aliphatic rings. The van der Waals surface area contributed by atoms with Gasteiger partial charge in [0.25, 0.3) is 0 Å². The van der Waals surface area contributed by atoms with Crippen molar-refractivity contribution in [2.75, 3.05) is 0 Å². The summed E-state index contributed by atoms with van der Waals surface area (Å²) in [5.74, 6) is 0.308. The van der Waals surface area contributed by atoms with Crippen LogP contribution in [0.5, 0.6) is 0 Å². The zero-order valence-corrected chi connectivity index (χ0v) is 16.9. The van der Waals surface area contributed by atoms with Gasteiger partial charge in [-0.2, -0.15) is 0 Å². The maximum absolute atomic E-state index is 13.9. The molecule has 0 radical (unpaired) electrons. The number of urea groups is 1. The Hall–Kier alpha value is -2.02. The van der Waals surface area contributed by atoms with Gasteiger partial charge in [-0.15, -0.1) is 0 Å². The number of amides is 3. The Morgan fingerprint density at radius 1 is 1.03 bits per heavy atom. The Morgan fingerprint density at radius 2 is 1.62 bits per heavy atom. The van der Waals surface area contributed by atoms with E-state index in [-0.39, 0.29) is 11.1 Å². The van der Waals surface area contributed by atoms with E-state index in [9.17, 15) is 18.4 Å². The second kappa shape index (κ2) is 7.67. The molecule has 3 amide bonds. The fourth-order valence-electron chi connectivity index (χ4n) is 6.15. The molecular formula is C22H29F2N3O2. The molecule has 1 aromatic rings. The second-order valence-electron chi connectivity index (χ2n) is 9.42. The Bertz CT molecular complexity index is 778. The van der Waals surface area contributed by atoms with E-state index in [0.29, 0.717) is 17.8 Å². The van der Waals surface area contributed by atoms with Crippen molar-refractivity contribution in [1.29, 1.82) is 0 Å². The first kappa shape index (κ1) is 20.3. The molecule has 4 saturated carbocycles. The Kier molecular flexibility index (Phi) is 5.36. The molecule has 0 spiro atoms. The third-order valence-corrected chi connectivity index (χ3v) is 6.98. The average molecular weight is 405 g/mol. The van der Waals surface area contributed by atoms with Crippen LogP contribution in [0.3, 0.4) is 0 Å². The van der Waals surface area contributed by atoms with Gasteiger partial charge in [-0.1, -0.05) is 6.07 Å². The maximum Gasteiger partial charge on any atom is 0.321 e. The van der Waals surface area contributed by atoms with Crippen molar-refractivity contribution in [2.45, 2.75) is 70.0 Å². The number of hydrogen-bond acceptors (Lipinski definition) is 3. The van der Waals surface area contributed by atoms with Crippen molar-refractivity contribution in [3.8, 4) is 0 Å². The normalized spacial score (nSPS) is 31.9. The highest BCUT2D eigenvalue weighted by molar-refractivity contribution is 5.97. The van der Waals surface area contributed by atoms with Crippen LogP contribution in [0.2, 0.25) is 0 Å². The monoisotopic (exact) mass is 405 g/mol. The number of halogens is 2. The number of nitrogens with one attached hydrogen (secondary N) is 3. The average Bonchev–Trinajstić information content (AvgIpc) is 2.59. The third-order valence-electron chi connectivity index (χ3n) is 6.98. The molecule has 4 aliphatic carbocycles. The maximum atomic E-state index is 13.9. The molecule has 0 unspecified atom stereocenters. The molecule has 3 N–H and O–H groups in total. The summed E-state index contributed by atoms with van der Waals surface area (Å²) in [6.45, 7) is 3.31. The van der Waals surface area contributed by atoms with E-state index < -0.39 is 35.7 Å². The molecule has 5 nitrogen and oxygen atoms in total. The molecule has 0 saturated heterocycles. The number of imide groups is 1. The largest absolute Gasteiger partial charge is 0.332 e. The summed E-state index contributed by atoms with van der Waals surface area (Å²) in [4.78, 5) is 25.0. The first-order valence-corrected chi connectivity index (χ1v) is 10.6. The van der Waals surface area contributed by atoms with Gasteiger partial charge < -0.3 is 5.32 Å². The SMILES string of the molecule is C[C@H](N[C@H](C)c1ccc(F)cc1F)C(=O)NC(=O)NC12CC3CC(CC(C3)C1)C2. The number of hydrogen-bond donors (Lipinski definition) is 3. The van der Waals surface area contributed by atoms with Gasteiger partial charge in [0.15, 0.2) is 0 Å². The first-order valence-electron chi connectivity index (χ1n) is 10.6. The summed E-state index contributed by atoms with van der Waals surface area (Å²) in [7, 11) is 0. The number of rotatable bonds is 5. The third kappa shape index (κ3) is 4.29. The predicted octanol–water partition coefficient (Wildman–Crippen LogP) is 3.80. The molecule has 2 atom stereocenters. The first-order chi connectivity index (χ1) is 13.7. The van der Waals surface area contributed by atoms with Crippen molar-refractivity contribution in [3.63, 3.8) is 0 Å². The van der Waals surface area contributed by atoms with Crippen LogP contribution in [0.15, 0.2) is 18.2 Å². The van der Waals surface area contributed by atoms with E-state index >= 15 is 0 Å². The quantitative estimate of drug-likeness (QED) is 0.698. The van der Waals surface area contributed by atoms with E-state index in [4.69, 9.17) is 0 Å². The molecule has 29 heavy (non-hydrogen) atoms. The Labute approximate surface area is 170 Å². The lowest BCUT2D eigenvalue weighted by Gasteiger charge is -2.56. The van der Waals surface area contributed by atoms with Crippen LogP contribution in [0.4, 0.5) is 13.6 Å². The lowest BCUT2D eigenvalue weighted by Crippen LogP contribution is -2.62. The van der Waals surface area contributed by atoms with Crippen LogP contribution in [0.1, 0.15) is 64.0 Å². The van der Waals surface area contributed by atoms with Crippen molar-refractivity contribution < 1.29 is 18.4 Å². The van der Waals surface area contributed by atoms with E-state index in [0.717, 1.165) is 25.3 Å². The van der Waals surface area contributed by atoms with Crippen LogP contribution >= 0.6 is 0 Å². The summed E-state index contributed by atoms with van der Waals surface area (Å²) < 4.78 is 27.0. The van der Waals surface area contributed by atoms with E-state index in [1.54, 1.807) is 13.8 Å². The molecule has 0 heterocycles. The standard InChI is InChI=1S/C22H29F2N3O2/c1-12(18-4-3-17(23)8-19(18)24)25-13(2)20(28)26-21(29)27-22-9-14-5-15(10-22)7-16(6-14)11-22/h3-4,8,12-16,25H,5-7,9-11H2,1-2H3,(H2,26,27,28,29)/t12-,13+,14?,15?,16?,22?/m1/s1. The van der Waals surface area contributed by atoms with Crippen molar-refractivity contribution in [1.82, 2.24) is 16.0 Å². The molecule has 4 bridgehead atoms. The minimum atomic E-state index is -0.712. The Balaban J connectivity index is 1.31. The van der Waals surface area contributed by atoms with Crippen LogP contribution in [0, 0.1) is 29.4 Å². The highest BCUT2D eigenvalue weighted by Gasteiger charge is 2.51. The van der Waals surface area contributed by atoms with Crippen LogP contribution in [-0.2, 0) is 4.79 Å². The van der Waals surface area contributed by atoms with Gasteiger partial charge in [-0.05, 0) is 76.2 Å². The summed E-state index contributed by atoms with van der Waals surface area (Å²) in [5, 5.41) is 8.51. The van der Waals surface area contributed by atoms with Gasteiger partial charge in [0.05, 0.1) is 6.04 Å². The number of carbonyl (C=O) groups is 2. The van der Waals surface area contributed by atoms with Crippen molar-refractivity contribution in [3.05, 3.63) is 35.4 Å². The lowest BCUT2D eigenvalue weighted by atomic mass is 9.53. The smallest absolute Gasteiger partial charge is 0.321 e. The van der Waals surface area contributed by atoms with Crippen molar-refractivity contribution >= 4 is 11.9 Å². The fraction of sp³-hybridized carbons (Fsp3) is 0.636. The van der Waals surface area contributed by atoms with E-state index in [1.807, 2.05) is 0 Å². The minimum absolute atomic E-state index is 0.166. The molecule has 4 fully saturated rings. The zero-order chi connectivity index (χ0) is 20.8. The summed E-state index contributed by atoms with van der Waals surface area (Å²) >= 11 is 0. The van der Waals surface area contributed by atoms with Crippen molar-refractivity contribution in [2.24, 2.45) is 17.8 Å². The van der Waals surface area contributed by atoms with E-state index in [2.05, 4.69) is 16.0 Å². The summed E-state index contributed by atoms with van der Waals surface area (Å²) in [6.07, 6.45) is 6.86.